The second-order valence-electron chi connectivity index (χ2n) is 4.22. The number of Topliss-reactive ketones (excluding diaryl/α,β-unsaturated/α-hetero) is 1. The summed E-state index contributed by atoms with van der Waals surface area (Å²) in [6.07, 6.45) is 0. The van der Waals surface area contributed by atoms with Crippen molar-refractivity contribution in [2.75, 3.05) is 13.1 Å². The molecule has 0 aliphatic carbocycles. The molecule has 1 amide bonds. The Bertz CT molecular complexity index is 646. The van der Waals surface area contributed by atoms with Crippen LogP contribution in [0.15, 0.2) is 34.8 Å². The maximum absolute atomic E-state index is 11.9. The molecule has 0 unspecified atom stereocenters. The number of carbonyl (C=O) groups is 2. The Kier molecular flexibility index (Phi) is 2.64. The molecule has 6 heteroatoms. The fraction of sp³-hybridized carbons (Fsp3) is 0.154. The third-order valence-corrected chi connectivity index (χ3v) is 3.34. The normalized spacial score (nSPS) is 20.7. The molecule has 2 aliphatic rings. The third-order valence-electron chi connectivity index (χ3n) is 3.09. The van der Waals surface area contributed by atoms with E-state index >= 15 is 0 Å². The molecule has 19 heavy (non-hydrogen) atoms. The SMILES string of the molecule is O=C1C(=O)N2CCN=C2/C1=C(\O)c1ccc(Cl)cc1. The van der Waals surface area contributed by atoms with Gasteiger partial charge in [0.2, 0.25) is 0 Å². The number of fused-ring (bicyclic) bond motifs is 1. The highest BCUT2D eigenvalue weighted by Gasteiger charge is 2.44. The topological polar surface area (TPSA) is 70.0 Å². The van der Waals surface area contributed by atoms with Gasteiger partial charge in [0.05, 0.1) is 6.54 Å². The number of carbonyl (C=O) groups excluding carboxylic acids is 2. The lowest BCUT2D eigenvalue weighted by atomic mass is 10.1. The van der Waals surface area contributed by atoms with Gasteiger partial charge >= 0.3 is 5.91 Å². The highest BCUT2D eigenvalue weighted by molar-refractivity contribution is 6.59. The number of amides is 1. The number of hydrogen-bond acceptors (Lipinski definition) is 4. The zero-order chi connectivity index (χ0) is 13.6. The Morgan fingerprint density at radius 1 is 1.26 bits per heavy atom. The molecule has 0 aromatic heterocycles. The fourth-order valence-corrected chi connectivity index (χ4v) is 2.28. The summed E-state index contributed by atoms with van der Waals surface area (Å²) >= 11 is 5.77. The molecule has 1 aromatic carbocycles. The van der Waals surface area contributed by atoms with Gasteiger partial charge in [-0.05, 0) is 24.3 Å². The van der Waals surface area contributed by atoms with Crippen molar-refractivity contribution in [2.24, 2.45) is 4.99 Å². The van der Waals surface area contributed by atoms with Crippen molar-refractivity contribution in [3.63, 3.8) is 0 Å². The number of halogens is 1. The Morgan fingerprint density at radius 2 is 1.95 bits per heavy atom. The summed E-state index contributed by atoms with van der Waals surface area (Å²) in [6, 6.07) is 6.37. The second kappa shape index (κ2) is 4.20. The summed E-state index contributed by atoms with van der Waals surface area (Å²) in [7, 11) is 0. The molecule has 5 nitrogen and oxygen atoms in total. The van der Waals surface area contributed by atoms with E-state index in [4.69, 9.17) is 11.6 Å². The Hall–Kier alpha value is -2.14. The van der Waals surface area contributed by atoms with E-state index < -0.39 is 11.7 Å². The number of aliphatic hydroxyl groups is 1. The number of benzene rings is 1. The van der Waals surface area contributed by atoms with Crippen LogP contribution in [-0.4, -0.2) is 40.6 Å². The molecular formula is C13H9ClN2O3. The summed E-state index contributed by atoms with van der Waals surface area (Å²) in [4.78, 5) is 29.0. The van der Waals surface area contributed by atoms with E-state index in [1.807, 2.05) is 0 Å². The minimum absolute atomic E-state index is 0.0233. The quantitative estimate of drug-likeness (QED) is 0.479. The van der Waals surface area contributed by atoms with E-state index in [9.17, 15) is 14.7 Å². The van der Waals surface area contributed by atoms with Crippen LogP contribution in [0, 0.1) is 0 Å². The van der Waals surface area contributed by atoms with E-state index in [1.165, 1.54) is 4.90 Å². The molecule has 0 radical (unpaired) electrons. The zero-order valence-corrected chi connectivity index (χ0v) is 10.5. The number of nitrogens with zero attached hydrogens (tertiary/aromatic N) is 2. The minimum atomic E-state index is -0.717. The van der Waals surface area contributed by atoms with Crippen LogP contribution >= 0.6 is 11.6 Å². The average molecular weight is 277 g/mol. The molecule has 96 valence electrons. The lowest BCUT2D eigenvalue weighted by molar-refractivity contribution is -0.138. The molecule has 2 aliphatic heterocycles. The first-order valence-corrected chi connectivity index (χ1v) is 6.07. The molecule has 1 fully saturated rings. The molecule has 0 saturated carbocycles. The zero-order valence-electron chi connectivity index (χ0n) is 9.76. The van der Waals surface area contributed by atoms with Gasteiger partial charge < -0.3 is 5.11 Å². The number of aliphatic imine (C=N–C) groups is 1. The third kappa shape index (κ3) is 1.74. The summed E-state index contributed by atoms with van der Waals surface area (Å²) < 4.78 is 0. The summed E-state index contributed by atoms with van der Waals surface area (Å²) in [5, 5.41) is 10.7. The molecule has 0 bridgehead atoms. The van der Waals surface area contributed by atoms with Crippen molar-refractivity contribution in [3.8, 4) is 0 Å². The Balaban J connectivity index is 2.13. The highest BCUT2D eigenvalue weighted by atomic mass is 35.5. The van der Waals surface area contributed by atoms with E-state index in [0.29, 0.717) is 23.7 Å². The van der Waals surface area contributed by atoms with E-state index in [-0.39, 0.29) is 17.2 Å². The number of amidine groups is 1. The van der Waals surface area contributed by atoms with Gasteiger partial charge in [0.25, 0.3) is 5.78 Å². The van der Waals surface area contributed by atoms with Crippen molar-refractivity contribution in [2.45, 2.75) is 0 Å². The first-order chi connectivity index (χ1) is 9.09. The predicted octanol–water partition coefficient (Wildman–Crippen LogP) is 1.43. The molecule has 3 rings (SSSR count). The van der Waals surface area contributed by atoms with Gasteiger partial charge in [-0.2, -0.15) is 0 Å². The van der Waals surface area contributed by atoms with E-state index in [0.717, 1.165) is 0 Å². The number of ketones is 1. The van der Waals surface area contributed by atoms with Gasteiger partial charge in [-0.15, -0.1) is 0 Å². The van der Waals surface area contributed by atoms with Crippen LogP contribution in [0.25, 0.3) is 5.76 Å². The highest BCUT2D eigenvalue weighted by Crippen LogP contribution is 2.27. The first-order valence-electron chi connectivity index (χ1n) is 5.70. The predicted molar refractivity (Wildman–Crippen MR) is 70.0 cm³/mol. The van der Waals surface area contributed by atoms with Crippen molar-refractivity contribution >= 4 is 34.9 Å². The molecule has 0 atom stereocenters. The van der Waals surface area contributed by atoms with Crippen LogP contribution in [0.4, 0.5) is 0 Å². The Labute approximate surface area is 113 Å². The second-order valence-corrected chi connectivity index (χ2v) is 4.66. The Morgan fingerprint density at radius 3 is 2.63 bits per heavy atom. The van der Waals surface area contributed by atoms with Gasteiger partial charge in [0.15, 0.2) is 0 Å². The lowest BCUT2D eigenvalue weighted by Gasteiger charge is -2.06. The average Bonchev–Trinajstić information content (AvgIpc) is 2.95. The summed E-state index contributed by atoms with van der Waals surface area (Å²) in [5.41, 5.74) is 0.404. The van der Waals surface area contributed by atoms with Crippen LogP contribution < -0.4 is 0 Å². The van der Waals surface area contributed by atoms with E-state index in [1.54, 1.807) is 24.3 Å². The van der Waals surface area contributed by atoms with Crippen molar-refractivity contribution in [1.82, 2.24) is 4.90 Å². The smallest absolute Gasteiger partial charge is 0.300 e. The maximum Gasteiger partial charge on any atom is 0.300 e. The monoisotopic (exact) mass is 276 g/mol. The molecule has 1 aromatic rings. The van der Waals surface area contributed by atoms with Crippen LogP contribution in [0.5, 0.6) is 0 Å². The summed E-state index contributed by atoms with van der Waals surface area (Å²) in [6.45, 7) is 0.836. The van der Waals surface area contributed by atoms with Gasteiger partial charge in [0.1, 0.15) is 17.2 Å². The molecular weight excluding hydrogens is 268 g/mol. The molecule has 1 N–H and O–H groups in total. The maximum atomic E-state index is 11.9. The van der Waals surface area contributed by atoms with Crippen LogP contribution in [0.1, 0.15) is 5.56 Å². The van der Waals surface area contributed by atoms with Crippen LogP contribution in [0.3, 0.4) is 0 Å². The number of rotatable bonds is 1. The molecule has 0 spiro atoms. The number of aliphatic hydroxyl groups excluding tert-OH is 1. The van der Waals surface area contributed by atoms with Gasteiger partial charge in [-0.1, -0.05) is 11.6 Å². The first kappa shape index (κ1) is 11.9. The van der Waals surface area contributed by atoms with Gasteiger partial charge in [-0.25, -0.2) is 0 Å². The van der Waals surface area contributed by atoms with Crippen molar-refractivity contribution < 1.29 is 14.7 Å². The van der Waals surface area contributed by atoms with E-state index in [2.05, 4.69) is 4.99 Å². The summed E-state index contributed by atoms with van der Waals surface area (Å²) in [5.74, 6) is -1.32. The molecule has 1 saturated heterocycles. The van der Waals surface area contributed by atoms with Crippen LogP contribution in [0.2, 0.25) is 5.02 Å². The largest absolute Gasteiger partial charge is 0.506 e. The lowest BCUT2D eigenvalue weighted by Crippen LogP contribution is -2.28. The van der Waals surface area contributed by atoms with Crippen molar-refractivity contribution in [1.29, 1.82) is 0 Å². The fourth-order valence-electron chi connectivity index (χ4n) is 2.16. The van der Waals surface area contributed by atoms with Gasteiger partial charge in [0, 0.05) is 17.1 Å². The number of hydrogen-bond donors (Lipinski definition) is 1. The molecule has 2 heterocycles. The standard InChI is InChI=1S/C13H9ClN2O3/c14-8-3-1-7(2-4-8)10(17)9-11(18)13(19)16-6-5-15-12(9)16/h1-4,17H,5-6H2/b10-9-. The van der Waals surface area contributed by atoms with Gasteiger partial charge in [-0.3, -0.25) is 19.5 Å². The van der Waals surface area contributed by atoms with Crippen molar-refractivity contribution in [3.05, 3.63) is 40.4 Å². The van der Waals surface area contributed by atoms with Crippen LogP contribution in [-0.2, 0) is 9.59 Å². The minimum Gasteiger partial charge on any atom is -0.506 e.